The molecule has 5 heteroatoms. The molecule has 0 aromatic heterocycles. The molecule has 0 saturated heterocycles. The number of carboxylic acids is 1. The van der Waals surface area contributed by atoms with Gasteiger partial charge in [0.05, 0.1) is 17.9 Å². The van der Waals surface area contributed by atoms with Gasteiger partial charge in [0.1, 0.15) is 0 Å². The summed E-state index contributed by atoms with van der Waals surface area (Å²) in [7, 11) is 0. The number of hydrogen-bond acceptors (Lipinski definition) is 3. The lowest BCUT2D eigenvalue weighted by Gasteiger charge is -2.15. The van der Waals surface area contributed by atoms with Crippen molar-refractivity contribution in [3.8, 4) is 0 Å². The van der Waals surface area contributed by atoms with Gasteiger partial charge >= 0.3 is 5.97 Å². The van der Waals surface area contributed by atoms with Gasteiger partial charge in [0, 0.05) is 6.54 Å². The van der Waals surface area contributed by atoms with E-state index >= 15 is 0 Å². The Hall–Kier alpha value is -1.10. The molecule has 1 aliphatic carbocycles. The predicted octanol–water partition coefficient (Wildman–Crippen LogP) is 0.476. The molecule has 0 spiro atoms. The summed E-state index contributed by atoms with van der Waals surface area (Å²) < 4.78 is 0. The molecule has 0 aromatic carbocycles. The van der Waals surface area contributed by atoms with Crippen molar-refractivity contribution >= 4 is 11.9 Å². The molecule has 0 aliphatic heterocycles. The number of aliphatic carboxylic acids is 1. The van der Waals surface area contributed by atoms with Gasteiger partial charge < -0.3 is 15.5 Å². The van der Waals surface area contributed by atoms with Crippen LogP contribution in [-0.2, 0) is 9.59 Å². The lowest BCUT2D eigenvalue weighted by atomic mass is 10.1. The van der Waals surface area contributed by atoms with Gasteiger partial charge in [-0.3, -0.25) is 9.59 Å². The molecule has 0 radical (unpaired) electrons. The first-order chi connectivity index (χ1) is 7.69. The van der Waals surface area contributed by atoms with E-state index in [-0.39, 0.29) is 18.4 Å². The normalized spacial score (nSPS) is 27.6. The lowest BCUT2D eigenvalue weighted by molar-refractivity contribution is -0.140. The Kier molecular flexibility index (Phi) is 3.81. The Balaban J connectivity index is 2.48. The number of amides is 1. The minimum Gasteiger partial charge on any atom is -0.481 e. The van der Waals surface area contributed by atoms with Crippen molar-refractivity contribution in [3.63, 3.8) is 0 Å². The number of nitrogens with one attached hydrogen (secondary N) is 1. The number of aliphatic hydroxyl groups is 1. The Bertz CT molecular complexity index is 324. The fraction of sp³-hybridized carbons (Fsp3) is 0.833. The van der Waals surface area contributed by atoms with Gasteiger partial charge in [-0.15, -0.1) is 0 Å². The molecule has 1 aliphatic rings. The van der Waals surface area contributed by atoms with Crippen LogP contribution in [0, 0.1) is 23.2 Å². The Morgan fingerprint density at radius 3 is 2.18 bits per heavy atom. The maximum Gasteiger partial charge on any atom is 0.307 e. The lowest BCUT2D eigenvalue weighted by Crippen LogP contribution is -2.36. The van der Waals surface area contributed by atoms with Crippen LogP contribution in [0.4, 0.5) is 0 Å². The molecular formula is C12H21NO4. The minimum atomic E-state index is -0.931. The third kappa shape index (κ3) is 2.77. The highest BCUT2D eigenvalue weighted by atomic mass is 16.4. The van der Waals surface area contributed by atoms with E-state index in [1.807, 2.05) is 13.8 Å². The van der Waals surface area contributed by atoms with Crippen molar-refractivity contribution in [3.05, 3.63) is 0 Å². The van der Waals surface area contributed by atoms with E-state index in [4.69, 9.17) is 5.11 Å². The summed E-state index contributed by atoms with van der Waals surface area (Å²) in [4.78, 5) is 22.7. The SMILES string of the molecule is CC(C)C(O)CNC(=O)C1C(C(=O)O)C1(C)C. The van der Waals surface area contributed by atoms with Gasteiger partial charge in [-0.05, 0) is 11.3 Å². The van der Waals surface area contributed by atoms with Gasteiger partial charge in [0.15, 0.2) is 0 Å². The van der Waals surface area contributed by atoms with Crippen LogP contribution >= 0.6 is 0 Å². The summed E-state index contributed by atoms with van der Waals surface area (Å²) in [6.07, 6.45) is -0.593. The molecule has 5 nitrogen and oxygen atoms in total. The van der Waals surface area contributed by atoms with E-state index in [1.165, 1.54) is 0 Å². The molecule has 0 bridgehead atoms. The first-order valence-corrected chi connectivity index (χ1v) is 5.88. The van der Waals surface area contributed by atoms with Crippen molar-refractivity contribution in [2.75, 3.05) is 6.54 Å². The maximum absolute atomic E-state index is 11.8. The third-order valence-corrected chi connectivity index (χ3v) is 3.63. The first kappa shape index (κ1) is 14.0. The van der Waals surface area contributed by atoms with Crippen LogP contribution in [-0.4, -0.2) is 34.7 Å². The van der Waals surface area contributed by atoms with Crippen molar-refractivity contribution in [1.29, 1.82) is 0 Å². The van der Waals surface area contributed by atoms with Crippen molar-refractivity contribution in [2.45, 2.75) is 33.8 Å². The van der Waals surface area contributed by atoms with Crippen LogP contribution < -0.4 is 5.32 Å². The topological polar surface area (TPSA) is 86.6 Å². The van der Waals surface area contributed by atoms with E-state index < -0.39 is 29.3 Å². The quantitative estimate of drug-likeness (QED) is 0.655. The van der Waals surface area contributed by atoms with Gasteiger partial charge in [-0.2, -0.15) is 0 Å². The standard InChI is InChI=1S/C12H21NO4/c1-6(2)7(14)5-13-10(15)8-9(11(16)17)12(8,3)4/h6-9,14H,5H2,1-4H3,(H,13,15)(H,16,17). The molecule has 98 valence electrons. The zero-order valence-corrected chi connectivity index (χ0v) is 10.7. The minimum absolute atomic E-state index is 0.0674. The van der Waals surface area contributed by atoms with Crippen LogP contribution in [0.1, 0.15) is 27.7 Å². The largest absolute Gasteiger partial charge is 0.481 e. The van der Waals surface area contributed by atoms with Crippen molar-refractivity contribution in [2.24, 2.45) is 23.2 Å². The Morgan fingerprint density at radius 2 is 1.82 bits per heavy atom. The number of hydrogen-bond donors (Lipinski definition) is 3. The molecule has 0 aromatic rings. The average Bonchev–Trinajstić information content (AvgIpc) is 2.77. The van der Waals surface area contributed by atoms with Crippen molar-refractivity contribution < 1.29 is 19.8 Å². The molecule has 3 atom stereocenters. The van der Waals surface area contributed by atoms with Crippen LogP contribution in [0.15, 0.2) is 0 Å². The third-order valence-electron chi connectivity index (χ3n) is 3.63. The summed E-state index contributed by atoms with van der Waals surface area (Å²) in [6, 6.07) is 0. The Labute approximate surface area is 101 Å². The number of aliphatic hydroxyl groups excluding tert-OH is 1. The summed E-state index contributed by atoms with van der Waals surface area (Å²) in [5, 5.41) is 21.1. The molecule has 0 heterocycles. The van der Waals surface area contributed by atoms with Crippen LogP contribution in [0.2, 0.25) is 0 Å². The molecule has 1 saturated carbocycles. The monoisotopic (exact) mass is 243 g/mol. The van der Waals surface area contributed by atoms with Crippen LogP contribution in [0.3, 0.4) is 0 Å². The number of carbonyl (C=O) groups excluding carboxylic acids is 1. The maximum atomic E-state index is 11.8. The average molecular weight is 243 g/mol. The molecule has 17 heavy (non-hydrogen) atoms. The summed E-state index contributed by atoms with van der Waals surface area (Å²) in [6.45, 7) is 7.44. The first-order valence-electron chi connectivity index (χ1n) is 5.88. The molecule has 1 fully saturated rings. The highest BCUT2D eigenvalue weighted by molar-refractivity contribution is 5.91. The second-order valence-electron chi connectivity index (χ2n) is 5.67. The van der Waals surface area contributed by atoms with E-state index in [0.717, 1.165) is 0 Å². The fourth-order valence-corrected chi connectivity index (χ4v) is 2.14. The van der Waals surface area contributed by atoms with Crippen molar-refractivity contribution in [1.82, 2.24) is 5.32 Å². The Morgan fingerprint density at radius 1 is 1.29 bits per heavy atom. The second kappa shape index (κ2) is 4.64. The zero-order valence-electron chi connectivity index (χ0n) is 10.7. The molecule has 1 rings (SSSR count). The van der Waals surface area contributed by atoms with E-state index in [2.05, 4.69) is 5.32 Å². The predicted molar refractivity (Wildman–Crippen MR) is 62.3 cm³/mol. The second-order valence-corrected chi connectivity index (χ2v) is 5.67. The smallest absolute Gasteiger partial charge is 0.307 e. The summed E-state index contributed by atoms with van der Waals surface area (Å²) >= 11 is 0. The summed E-state index contributed by atoms with van der Waals surface area (Å²) in [5.74, 6) is -2.24. The van der Waals surface area contributed by atoms with Gasteiger partial charge in [0.2, 0.25) is 5.91 Å². The highest BCUT2D eigenvalue weighted by Gasteiger charge is 2.65. The van der Waals surface area contributed by atoms with Gasteiger partial charge in [-0.1, -0.05) is 27.7 Å². The highest BCUT2D eigenvalue weighted by Crippen LogP contribution is 2.58. The molecule has 3 N–H and O–H groups in total. The van der Waals surface area contributed by atoms with E-state index in [9.17, 15) is 14.7 Å². The number of carbonyl (C=O) groups is 2. The summed E-state index contributed by atoms with van der Waals surface area (Å²) in [5.41, 5.74) is -0.487. The van der Waals surface area contributed by atoms with Crippen LogP contribution in [0.25, 0.3) is 0 Å². The number of carboxylic acid groups (broad SMARTS) is 1. The molecule has 3 unspecified atom stereocenters. The zero-order chi connectivity index (χ0) is 13.4. The molecule has 1 amide bonds. The van der Waals surface area contributed by atoms with E-state index in [0.29, 0.717) is 0 Å². The van der Waals surface area contributed by atoms with Gasteiger partial charge in [0.25, 0.3) is 0 Å². The molecular weight excluding hydrogens is 222 g/mol. The fourth-order valence-electron chi connectivity index (χ4n) is 2.14. The van der Waals surface area contributed by atoms with Gasteiger partial charge in [-0.25, -0.2) is 0 Å². The number of rotatable bonds is 5. The van der Waals surface area contributed by atoms with Crippen LogP contribution in [0.5, 0.6) is 0 Å². The van der Waals surface area contributed by atoms with E-state index in [1.54, 1.807) is 13.8 Å².